The lowest BCUT2D eigenvalue weighted by atomic mass is 10.1. The Hall–Kier alpha value is -1.68. The summed E-state index contributed by atoms with van der Waals surface area (Å²) in [4.78, 5) is 18.3. The standard InChI is InChI=1S/C14H10Br2N2O5/c15-10-7-9(1-2-12(10)23-16(20)21)14(19)18-5-6-22-13-3-4-17-8-11(13)18/h1-4,7-8H,5-6H2. The first-order chi connectivity index (χ1) is 11.1. The molecule has 0 bridgehead atoms. The minimum atomic E-state index is -3.37. The highest BCUT2D eigenvalue weighted by atomic mass is 80.0. The Morgan fingerprint density at radius 2 is 2.22 bits per heavy atom. The van der Waals surface area contributed by atoms with Gasteiger partial charge in [0, 0.05) is 17.8 Å². The fourth-order valence-electron chi connectivity index (χ4n) is 2.20. The number of carbonyl (C=O) groups excluding carboxylic acids is 1. The Labute approximate surface area is 145 Å². The molecule has 1 aliphatic rings. The van der Waals surface area contributed by atoms with E-state index in [1.807, 2.05) is 0 Å². The predicted molar refractivity (Wildman–Crippen MR) is 76.2 cm³/mol. The topological polar surface area (TPSA) is 97.8 Å². The first-order valence-corrected chi connectivity index (χ1v) is 9.22. The van der Waals surface area contributed by atoms with Crippen LogP contribution in [0.15, 0.2) is 41.1 Å². The molecule has 1 aliphatic heterocycles. The van der Waals surface area contributed by atoms with Crippen molar-refractivity contribution in [2.75, 3.05) is 18.1 Å². The van der Waals surface area contributed by atoms with E-state index < -0.39 is 14.8 Å². The minimum absolute atomic E-state index is 0.144. The molecule has 0 atom stereocenters. The van der Waals surface area contributed by atoms with Gasteiger partial charge in [0.25, 0.3) is 5.91 Å². The quantitative estimate of drug-likeness (QED) is 0.676. The molecule has 0 radical (unpaired) electrons. The lowest BCUT2D eigenvalue weighted by molar-refractivity contribution is -1.62. The van der Waals surface area contributed by atoms with Gasteiger partial charge in [0.15, 0.2) is 0 Å². The van der Waals surface area contributed by atoms with Crippen LogP contribution in [-0.4, -0.2) is 24.0 Å². The molecular formula is C14H10Br2N2O5. The molecule has 0 spiro atoms. The molecule has 0 N–H and O–H groups in total. The maximum atomic E-state index is 12.7. The van der Waals surface area contributed by atoms with E-state index in [4.69, 9.17) is 4.74 Å². The Balaban J connectivity index is 1.88. The van der Waals surface area contributed by atoms with Crippen LogP contribution < -0.4 is 21.9 Å². The van der Waals surface area contributed by atoms with Crippen LogP contribution >= 0.6 is 15.9 Å². The fourth-order valence-corrected chi connectivity index (χ4v) is 3.44. The van der Waals surface area contributed by atoms with E-state index in [2.05, 4.69) is 24.7 Å². The van der Waals surface area contributed by atoms with Gasteiger partial charge in [-0.05, 0) is 34.1 Å². The number of fused-ring (bicyclic) bond motifs is 1. The Bertz CT molecular complexity index is 741. The van der Waals surface area contributed by atoms with E-state index in [-0.39, 0.29) is 11.7 Å². The van der Waals surface area contributed by atoms with E-state index in [1.165, 1.54) is 18.2 Å². The first-order valence-electron chi connectivity index (χ1n) is 6.48. The average Bonchev–Trinajstić information content (AvgIpc) is 2.55. The third kappa shape index (κ3) is 3.47. The monoisotopic (exact) mass is 444 g/mol. The summed E-state index contributed by atoms with van der Waals surface area (Å²) < 4.78 is 31.9. The number of aromatic nitrogens is 1. The second kappa shape index (κ2) is 6.83. The summed E-state index contributed by atoms with van der Waals surface area (Å²) in [5, 5.41) is 0. The van der Waals surface area contributed by atoms with Crippen LogP contribution in [-0.2, 0) is 0 Å². The van der Waals surface area contributed by atoms with Crippen molar-refractivity contribution < 1.29 is 36.6 Å². The van der Waals surface area contributed by atoms with Crippen molar-refractivity contribution in [1.82, 2.24) is 4.98 Å². The van der Waals surface area contributed by atoms with Crippen molar-refractivity contribution in [2.24, 2.45) is 0 Å². The van der Waals surface area contributed by atoms with Gasteiger partial charge in [-0.15, -0.1) is 3.83 Å². The van der Waals surface area contributed by atoms with Crippen LogP contribution in [0.1, 0.15) is 10.4 Å². The lowest BCUT2D eigenvalue weighted by Crippen LogP contribution is -2.38. The largest absolute Gasteiger partial charge is 0.501 e. The zero-order valence-corrected chi connectivity index (χ0v) is 14.7. The molecule has 1 aromatic heterocycles. The van der Waals surface area contributed by atoms with Crippen molar-refractivity contribution in [3.05, 3.63) is 46.7 Å². The zero-order valence-electron chi connectivity index (χ0n) is 11.6. The Morgan fingerprint density at radius 1 is 1.39 bits per heavy atom. The van der Waals surface area contributed by atoms with Gasteiger partial charge in [-0.3, -0.25) is 9.78 Å². The van der Waals surface area contributed by atoms with E-state index in [1.54, 1.807) is 23.4 Å². The van der Waals surface area contributed by atoms with Gasteiger partial charge >= 0.3 is 14.8 Å². The number of hydrogen-bond acceptors (Lipinski definition) is 6. The molecule has 23 heavy (non-hydrogen) atoms. The Kier molecular flexibility index (Phi) is 4.81. The summed E-state index contributed by atoms with van der Waals surface area (Å²) in [6.45, 7) is 0.797. The second-order valence-electron chi connectivity index (χ2n) is 4.56. The molecular weight excluding hydrogens is 436 g/mol. The lowest BCUT2D eigenvalue weighted by Gasteiger charge is -2.29. The molecule has 0 fully saturated rings. The van der Waals surface area contributed by atoms with Gasteiger partial charge in [-0.25, -0.2) is 0 Å². The Morgan fingerprint density at radius 3 is 2.96 bits per heavy atom. The highest BCUT2D eigenvalue weighted by molar-refractivity contribution is 9.10. The maximum Gasteiger partial charge on any atom is 0.501 e. The molecule has 2 aromatic rings. The maximum absolute atomic E-state index is 12.7. The fraction of sp³-hybridized carbons (Fsp3) is 0.143. The third-order valence-electron chi connectivity index (χ3n) is 3.19. The minimum Gasteiger partial charge on any atom is -0.489 e. The van der Waals surface area contributed by atoms with Crippen LogP contribution in [0, 0.1) is 14.8 Å². The smallest absolute Gasteiger partial charge is 0.489 e. The zero-order chi connectivity index (χ0) is 16.4. The van der Waals surface area contributed by atoms with Crippen LogP contribution in [0.5, 0.6) is 11.5 Å². The van der Waals surface area contributed by atoms with Crippen molar-refractivity contribution in [3.8, 4) is 11.5 Å². The molecule has 0 aliphatic carbocycles. The summed E-state index contributed by atoms with van der Waals surface area (Å²) in [6, 6.07) is 6.17. The molecule has 0 saturated heterocycles. The number of nitrogens with zero attached hydrogens (tertiary/aromatic N) is 2. The number of pyridine rings is 1. The number of benzene rings is 1. The molecule has 3 rings (SSSR count). The normalized spacial score (nSPS) is 13.5. The number of ether oxygens (including phenoxy) is 1. The number of amides is 1. The molecule has 9 heteroatoms. The SMILES string of the molecule is O=C(c1ccc(O[Br+2]([O-])[O-])c(Br)c1)N1CCOc2ccncc21. The van der Waals surface area contributed by atoms with Gasteiger partial charge in [0.1, 0.15) is 18.0 Å². The summed E-state index contributed by atoms with van der Waals surface area (Å²) in [7, 11) is 0. The average molecular weight is 446 g/mol. The highest BCUT2D eigenvalue weighted by Gasteiger charge is 2.26. The number of carbonyl (C=O) groups is 1. The highest BCUT2D eigenvalue weighted by Crippen LogP contribution is 2.32. The van der Waals surface area contributed by atoms with Gasteiger partial charge in [0.05, 0.1) is 17.2 Å². The van der Waals surface area contributed by atoms with Crippen molar-refractivity contribution >= 4 is 27.5 Å². The molecule has 120 valence electrons. The molecule has 7 nitrogen and oxygen atoms in total. The molecule has 0 saturated carbocycles. The van der Waals surface area contributed by atoms with Gasteiger partial charge in [-0.1, -0.05) is 0 Å². The van der Waals surface area contributed by atoms with Crippen LogP contribution in [0.4, 0.5) is 5.69 Å². The van der Waals surface area contributed by atoms with Gasteiger partial charge in [0.2, 0.25) is 5.75 Å². The van der Waals surface area contributed by atoms with Crippen molar-refractivity contribution in [2.45, 2.75) is 0 Å². The van der Waals surface area contributed by atoms with E-state index >= 15 is 0 Å². The molecule has 0 unspecified atom stereocenters. The number of anilines is 1. The number of hydrogen-bond donors (Lipinski definition) is 0. The van der Waals surface area contributed by atoms with E-state index in [0.717, 1.165) is 0 Å². The molecule has 1 aromatic carbocycles. The number of rotatable bonds is 3. The van der Waals surface area contributed by atoms with Crippen LogP contribution in [0.25, 0.3) is 0 Å². The van der Waals surface area contributed by atoms with E-state index in [0.29, 0.717) is 34.6 Å². The van der Waals surface area contributed by atoms with Crippen LogP contribution in [0.3, 0.4) is 0 Å². The summed E-state index contributed by atoms with van der Waals surface area (Å²) in [5.74, 6) is 0.513. The van der Waals surface area contributed by atoms with Gasteiger partial charge in [-0.2, -0.15) is 0 Å². The van der Waals surface area contributed by atoms with Crippen molar-refractivity contribution in [1.29, 1.82) is 0 Å². The summed E-state index contributed by atoms with van der Waals surface area (Å²) >= 11 is -0.167. The van der Waals surface area contributed by atoms with Crippen LogP contribution in [0.2, 0.25) is 0 Å². The summed E-state index contributed by atoms with van der Waals surface area (Å²) in [6.07, 6.45) is 3.17. The van der Waals surface area contributed by atoms with Gasteiger partial charge < -0.3 is 18.0 Å². The molecule has 1 amide bonds. The predicted octanol–water partition coefficient (Wildman–Crippen LogP) is 0.348. The third-order valence-corrected chi connectivity index (χ3v) is 4.43. The second-order valence-corrected chi connectivity index (χ2v) is 6.53. The first kappa shape index (κ1) is 16.2. The van der Waals surface area contributed by atoms with Crippen molar-refractivity contribution in [3.63, 3.8) is 0 Å². The number of halogens is 2. The van der Waals surface area contributed by atoms with E-state index in [9.17, 15) is 13.2 Å². The molecule has 2 heterocycles. The summed E-state index contributed by atoms with van der Waals surface area (Å²) in [5.41, 5.74) is 0.997.